The zero-order valence-corrected chi connectivity index (χ0v) is 36.9. The quantitative estimate of drug-likeness (QED) is 0.167. The average molecular weight is 887 g/mol. The van der Waals surface area contributed by atoms with Gasteiger partial charge in [0.15, 0.2) is 0 Å². The Morgan fingerprint density at radius 3 is 2.37 bits per heavy atom. The van der Waals surface area contributed by atoms with E-state index >= 15 is 4.39 Å². The molecule has 4 aliphatic heterocycles. The minimum absolute atomic E-state index is 0.00695. The summed E-state index contributed by atoms with van der Waals surface area (Å²) < 4.78 is 41.2. The lowest BCUT2D eigenvalue weighted by Crippen LogP contribution is -2.48. The number of likely N-dealkylation sites (tertiary alicyclic amines) is 2. The number of benzene rings is 1. The summed E-state index contributed by atoms with van der Waals surface area (Å²) >= 11 is 1.41. The molecule has 5 N–H and O–H groups in total. The van der Waals surface area contributed by atoms with Crippen LogP contribution in [0.25, 0.3) is 21.8 Å². The van der Waals surface area contributed by atoms with E-state index in [-0.39, 0.29) is 53.1 Å². The van der Waals surface area contributed by atoms with E-state index in [1.165, 1.54) is 23.6 Å². The number of nitrogen functional groups attached to an aromatic ring is 1. The van der Waals surface area contributed by atoms with Crippen molar-refractivity contribution in [3.63, 3.8) is 0 Å². The van der Waals surface area contributed by atoms with E-state index in [2.05, 4.69) is 37.0 Å². The number of imide groups is 1. The molecule has 4 saturated heterocycles. The van der Waals surface area contributed by atoms with Crippen molar-refractivity contribution in [1.82, 2.24) is 35.1 Å². The second kappa shape index (κ2) is 18.1. The van der Waals surface area contributed by atoms with Gasteiger partial charge in [-0.05, 0) is 94.1 Å². The van der Waals surface area contributed by atoms with Gasteiger partial charge >= 0.3 is 0 Å². The Morgan fingerprint density at radius 1 is 0.984 bits per heavy atom. The maximum absolute atomic E-state index is 16.4. The third-order valence-corrected chi connectivity index (χ3v) is 16.2. The van der Waals surface area contributed by atoms with Crippen LogP contribution >= 0.6 is 11.3 Å². The number of nitrogens with two attached hydrogens (primary N) is 2. The molecule has 62 heavy (non-hydrogen) atoms. The molecule has 0 radical (unpaired) electrons. The number of carbonyl (C=O) groups is 3. The zero-order chi connectivity index (χ0) is 43.8. The number of anilines is 2. The Bertz CT molecular complexity index is 2410. The second-order valence-corrected chi connectivity index (χ2v) is 20.3. The molecule has 330 valence electrons. The van der Waals surface area contributed by atoms with Gasteiger partial charge < -0.3 is 20.4 Å². The number of hydrogen-bond acceptors (Lipinski definition) is 13. The summed E-state index contributed by atoms with van der Waals surface area (Å²) in [5.74, 6) is 0.273. The number of rotatable bonds is 11. The van der Waals surface area contributed by atoms with Crippen molar-refractivity contribution in [2.75, 3.05) is 56.4 Å². The first-order valence-electron chi connectivity index (χ1n) is 21.7. The number of hydrogen-bond donors (Lipinski definition) is 3. The number of halogens is 1. The molecule has 2 unspecified atom stereocenters. The minimum Gasteiger partial charge on any atom is -0.368 e. The van der Waals surface area contributed by atoms with E-state index < -0.39 is 26.5 Å². The topological polar surface area (TPSA) is 211 Å². The van der Waals surface area contributed by atoms with Crippen LogP contribution in [0.1, 0.15) is 98.9 Å². The Balaban J connectivity index is 0.855. The van der Waals surface area contributed by atoms with Gasteiger partial charge in [-0.15, -0.1) is 11.3 Å². The Kier molecular flexibility index (Phi) is 12.7. The Labute approximate surface area is 366 Å². The molecule has 4 fully saturated rings. The molecule has 7 heterocycles. The van der Waals surface area contributed by atoms with Crippen LogP contribution in [0.3, 0.4) is 0 Å². The number of thiazole rings is 1. The fourth-order valence-corrected chi connectivity index (χ4v) is 11.9. The lowest BCUT2D eigenvalue weighted by Gasteiger charge is -2.41. The second-order valence-electron chi connectivity index (χ2n) is 17.5. The maximum Gasteiger partial charge on any atom is 0.234 e. The number of nitrogens with one attached hydrogen (secondary N) is 1. The summed E-state index contributed by atoms with van der Waals surface area (Å²) in [5, 5.41) is 7.52. The van der Waals surface area contributed by atoms with E-state index in [1.807, 2.05) is 17.0 Å². The first kappa shape index (κ1) is 43.7. The van der Waals surface area contributed by atoms with Crippen molar-refractivity contribution in [3.05, 3.63) is 70.7 Å². The highest BCUT2D eigenvalue weighted by atomic mass is 32.2. The highest BCUT2D eigenvalue weighted by molar-refractivity contribution is 7.89. The molecular weight excluding hydrogens is 832 g/mol. The summed E-state index contributed by atoms with van der Waals surface area (Å²) in [6.07, 6.45) is 9.45. The third-order valence-electron chi connectivity index (χ3n) is 13.4. The van der Waals surface area contributed by atoms with Crippen LogP contribution in [0.15, 0.2) is 48.8 Å². The van der Waals surface area contributed by atoms with E-state index in [4.69, 9.17) is 15.9 Å². The molecule has 4 aliphatic rings. The van der Waals surface area contributed by atoms with Crippen molar-refractivity contribution in [2.24, 2.45) is 17.0 Å². The van der Waals surface area contributed by atoms with Crippen molar-refractivity contribution < 1.29 is 27.2 Å². The van der Waals surface area contributed by atoms with Gasteiger partial charge in [0.25, 0.3) is 0 Å². The largest absolute Gasteiger partial charge is 0.368 e. The number of amides is 3. The summed E-state index contributed by atoms with van der Waals surface area (Å²) in [6.45, 7) is 9.63. The normalized spacial score (nSPS) is 21.2. The molecule has 3 amide bonds. The molecule has 0 saturated carbocycles. The van der Waals surface area contributed by atoms with Crippen LogP contribution in [0.2, 0.25) is 0 Å². The van der Waals surface area contributed by atoms with Crippen LogP contribution < -0.4 is 21.1 Å². The van der Waals surface area contributed by atoms with E-state index in [9.17, 15) is 22.8 Å². The van der Waals surface area contributed by atoms with Gasteiger partial charge in [0.2, 0.25) is 33.7 Å². The molecule has 15 nitrogen and oxygen atoms in total. The molecule has 0 aliphatic carbocycles. The number of carbonyl (C=O) groups excluding carboxylic acids is 3. The minimum atomic E-state index is -4.07. The van der Waals surface area contributed by atoms with E-state index in [0.717, 1.165) is 74.8 Å². The number of aromatic nitrogens is 4. The van der Waals surface area contributed by atoms with Gasteiger partial charge in [-0.25, -0.2) is 37.9 Å². The van der Waals surface area contributed by atoms with Gasteiger partial charge in [-0.2, -0.15) is 0 Å². The molecule has 0 spiro atoms. The van der Waals surface area contributed by atoms with Crippen LogP contribution in [0.4, 0.5) is 16.2 Å². The summed E-state index contributed by atoms with van der Waals surface area (Å²) in [5.41, 5.74) is 7.39. The fraction of sp³-hybridized carbons (Fsp3) is 0.523. The highest BCUT2D eigenvalue weighted by Crippen LogP contribution is 2.46. The number of sulfonamides is 1. The van der Waals surface area contributed by atoms with Gasteiger partial charge in [0, 0.05) is 74.0 Å². The molecule has 18 heteroatoms. The predicted octanol–water partition coefficient (Wildman–Crippen LogP) is 5.15. The molecule has 1 aromatic carbocycles. The first-order valence-corrected chi connectivity index (χ1v) is 24.1. The van der Waals surface area contributed by atoms with Gasteiger partial charge in [-0.1, -0.05) is 32.0 Å². The van der Waals surface area contributed by atoms with E-state index in [1.54, 1.807) is 31.3 Å². The van der Waals surface area contributed by atoms with Crippen LogP contribution in [-0.4, -0.2) is 102 Å². The average Bonchev–Trinajstić information content (AvgIpc) is 3.71. The molecule has 0 bridgehead atoms. The van der Waals surface area contributed by atoms with Crippen LogP contribution in [-0.2, 0) is 29.8 Å². The highest BCUT2D eigenvalue weighted by Gasteiger charge is 2.40. The molecule has 3 aromatic heterocycles. The molecule has 4 aromatic rings. The van der Waals surface area contributed by atoms with Gasteiger partial charge in [0.05, 0.1) is 27.2 Å². The molecule has 8 rings (SSSR count). The standard InChI is InChI=1S/C44H55FN10O5S2/c1-3-34(62(47,59)60)31-5-4-6-32(37(31)45)38-39(33-11-18-48-43(46)50-33)61-42(52-38)44(2)16-23-55(24-17-44)41(58)28-14-19-53(20-15-28)26-27-12-21-54(22-13-27)35-9-7-29(25-49-35)30-8-10-36(56)51-40(30)57/h4-7,9,11,18,25,27-28,30,34H,3,8,10,12-17,19-24,26H2,1-2H3,(H2,46,48,50)(H2,47,59,60)(H,51,56,57). The monoisotopic (exact) mass is 886 g/mol. The van der Waals surface area contributed by atoms with Gasteiger partial charge in [-0.3, -0.25) is 19.7 Å². The number of nitrogens with zero attached hydrogens (tertiary/aromatic N) is 7. The molecular formula is C44H55FN10O5S2. The Morgan fingerprint density at radius 2 is 1.73 bits per heavy atom. The summed E-state index contributed by atoms with van der Waals surface area (Å²) in [4.78, 5) is 63.4. The zero-order valence-electron chi connectivity index (χ0n) is 35.3. The lowest BCUT2D eigenvalue weighted by atomic mass is 9.80. The third kappa shape index (κ3) is 9.24. The lowest BCUT2D eigenvalue weighted by molar-refractivity contribution is -0.139. The summed E-state index contributed by atoms with van der Waals surface area (Å²) in [7, 11) is -4.07. The number of piperidine rings is 4. The van der Waals surface area contributed by atoms with Crippen molar-refractivity contribution in [1.29, 1.82) is 0 Å². The SMILES string of the molecule is CCC(c1cccc(-c2nc(C3(C)CCN(C(=O)C4CCN(CC5CCN(c6ccc(C7CCC(=O)NC7=O)cn6)CC5)CC4)CC3)sc2-c2ccnc(N)n2)c1F)S(N)(=O)=O. The van der Waals surface area contributed by atoms with Crippen LogP contribution in [0, 0.1) is 17.7 Å². The van der Waals surface area contributed by atoms with Gasteiger partial charge in [0.1, 0.15) is 16.9 Å². The smallest absolute Gasteiger partial charge is 0.234 e. The van der Waals surface area contributed by atoms with Crippen LogP contribution in [0.5, 0.6) is 0 Å². The predicted molar refractivity (Wildman–Crippen MR) is 236 cm³/mol. The Hall–Kier alpha value is -4.91. The fourth-order valence-electron chi connectivity index (χ4n) is 9.61. The molecule has 2 atom stereocenters. The van der Waals surface area contributed by atoms with Crippen molar-refractivity contribution in [2.45, 2.75) is 88.2 Å². The number of pyridine rings is 1. The van der Waals surface area contributed by atoms with Crippen molar-refractivity contribution in [3.8, 4) is 21.8 Å². The van der Waals surface area contributed by atoms with E-state index in [0.29, 0.717) is 61.0 Å². The van der Waals surface area contributed by atoms with Crippen molar-refractivity contribution >= 4 is 50.8 Å². The maximum atomic E-state index is 16.4. The first-order chi connectivity index (χ1) is 29.7. The summed E-state index contributed by atoms with van der Waals surface area (Å²) in [6, 6.07) is 10.3. The number of primary sulfonamides is 1.